The largest absolute Gasteiger partial charge is 0.462 e. The molecule has 126 valence electrons. The minimum Gasteiger partial charge on any atom is -0.462 e. The minimum absolute atomic E-state index is 0.0944. The monoisotopic (exact) mass is 318 g/mol. The van der Waals surface area contributed by atoms with Crippen molar-refractivity contribution in [2.75, 3.05) is 31.6 Å². The Hall–Kier alpha value is -1.88. The topological polar surface area (TPSA) is 58.6 Å². The fourth-order valence-corrected chi connectivity index (χ4v) is 3.29. The molecule has 0 unspecified atom stereocenters. The molecule has 0 aromatic heterocycles. The zero-order chi connectivity index (χ0) is 16.8. The molecule has 2 atom stereocenters. The predicted octanol–water partition coefficient (Wildman–Crippen LogP) is 2.78. The van der Waals surface area contributed by atoms with Gasteiger partial charge in [-0.15, -0.1) is 0 Å². The summed E-state index contributed by atoms with van der Waals surface area (Å²) in [5.41, 5.74) is 0.900. The molecule has 2 rings (SSSR count). The second-order valence-electron chi connectivity index (χ2n) is 6.45. The van der Waals surface area contributed by atoms with Crippen LogP contribution in [0.25, 0.3) is 0 Å². The molecule has 0 spiro atoms. The number of hydrogen-bond donors (Lipinski definition) is 1. The van der Waals surface area contributed by atoms with Gasteiger partial charge >= 0.3 is 5.97 Å². The maximum absolute atomic E-state index is 12.3. The van der Waals surface area contributed by atoms with Gasteiger partial charge in [0.1, 0.15) is 0 Å². The van der Waals surface area contributed by atoms with Gasteiger partial charge in [0.05, 0.1) is 24.4 Å². The normalized spacial score (nSPS) is 21.7. The van der Waals surface area contributed by atoms with E-state index in [4.69, 9.17) is 4.74 Å². The van der Waals surface area contributed by atoms with E-state index in [1.807, 2.05) is 0 Å². The van der Waals surface area contributed by atoms with Crippen LogP contribution in [0.2, 0.25) is 0 Å². The smallest absolute Gasteiger partial charge is 0.340 e. The number of likely N-dealkylation sites (tertiary alicyclic amines) is 1. The fourth-order valence-electron chi connectivity index (χ4n) is 3.29. The van der Waals surface area contributed by atoms with E-state index in [1.54, 1.807) is 31.2 Å². The van der Waals surface area contributed by atoms with Crippen LogP contribution in [0.3, 0.4) is 0 Å². The number of esters is 1. The number of carbonyl (C=O) groups is 2. The number of rotatable bonds is 5. The van der Waals surface area contributed by atoms with Crippen molar-refractivity contribution in [3.63, 3.8) is 0 Å². The van der Waals surface area contributed by atoms with E-state index < -0.39 is 5.97 Å². The van der Waals surface area contributed by atoms with Gasteiger partial charge in [-0.25, -0.2) is 4.79 Å². The highest BCUT2D eigenvalue weighted by molar-refractivity contribution is 6.01. The lowest BCUT2D eigenvalue weighted by Gasteiger charge is -2.34. The molecule has 0 bridgehead atoms. The highest BCUT2D eigenvalue weighted by Gasteiger charge is 2.23. The van der Waals surface area contributed by atoms with E-state index in [-0.39, 0.29) is 5.91 Å². The van der Waals surface area contributed by atoms with E-state index in [0.717, 1.165) is 13.1 Å². The molecule has 5 heteroatoms. The molecular formula is C18H26N2O3. The summed E-state index contributed by atoms with van der Waals surface area (Å²) in [5.74, 6) is 0.711. The molecule has 1 aromatic carbocycles. The van der Waals surface area contributed by atoms with Crippen molar-refractivity contribution >= 4 is 17.6 Å². The molecule has 23 heavy (non-hydrogen) atoms. The quantitative estimate of drug-likeness (QED) is 0.848. The second-order valence-corrected chi connectivity index (χ2v) is 6.45. The number of carbonyl (C=O) groups excluding carboxylic acids is 2. The number of nitrogens with zero attached hydrogens (tertiary/aromatic N) is 1. The van der Waals surface area contributed by atoms with Crippen molar-refractivity contribution < 1.29 is 14.3 Å². The summed E-state index contributed by atoms with van der Waals surface area (Å²) in [5, 5.41) is 2.85. The third-order valence-corrected chi connectivity index (χ3v) is 4.01. The number of hydrogen-bond acceptors (Lipinski definition) is 4. The van der Waals surface area contributed by atoms with Crippen LogP contribution in [0.1, 0.15) is 37.6 Å². The van der Waals surface area contributed by atoms with Crippen molar-refractivity contribution in [2.45, 2.75) is 27.2 Å². The number of anilines is 1. The molecule has 1 aliphatic rings. The second kappa shape index (κ2) is 8.11. The average molecular weight is 318 g/mol. The summed E-state index contributed by atoms with van der Waals surface area (Å²) >= 11 is 0. The fraction of sp³-hybridized carbons (Fsp3) is 0.556. The highest BCUT2D eigenvalue weighted by atomic mass is 16.5. The highest BCUT2D eigenvalue weighted by Crippen LogP contribution is 2.21. The first-order chi connectivity index (χ1) is 11.0. The van der Waals surface area contributed by atoms with Crippen LogP contribution in [0.5, 0.6) is 0 Å². The Morgan fingerprint density at radius 3 is 2.52 bits per heavy atom. The van der Waals surface area contributed by atoms with Crippen molar-refractivity contribution in [3.05, 3.63) is 29.8 Å². The number of ether oxygens (including phenoxy) is 1. The van der Waals surface area contributed by atoms with Crippen LogP contribution in [0, 0.1) is 11.8 Å². The Morgan fingerprint density at radius 1 is 1.22 bits per heavy atom. The molecular weight excluding hydrogens is 292 g/mol. The molecule has 1 amide bonds. The van der Waals surface area contributed by atoms with E-state index in [2.05, 4.69) is 24.1 Å². The third-order valence-electron chi connectivity index (χ3n) is 4.01. The van der Waals surface area contributed by atoms with Gasteiger partial charge in [-0.3, -0.25) is 9.69 Å². The molecule has 1 heterocycles. The van der Waals surface area contributed by atoms with E-state index in [0.29, 0.717) is 36.2 Å². The lowest BCUT2D eigenvalue weighted by atomic mass is 9.92. The van der Waals surface area contributed by atoms with Crippen LogP contribution in [0.4, 0.5) is 5.69 Å². The molecule has 0 radical (unpaired) electrons. The zero-order valence-corrected chi connectivity index (χ0v) is 14.2. The average Bonchev–Trinajstić information content (AvgIpc) is 2.46. The van der Waals surface area contributed by atoms with Crippen LogP contribution in [-0.4, -0.2) is 43.0 Å². The van der Waals surface area contributed by atoms with Crippen LogP contribution < -0.4 is 5.32 Å². The van der Waals surface area contributed by atoms with Gasteiger partial charge in [-0.1, -0.05) is 26.0 Å². The number of benzene rings is 1. The van der Waals surface area contributed by atoms with Gasteiger partial charge in [-0.05, 0) is 37.3 Å². The Morgan fingerprint density at radius 2 is 1.87 bits per heavy atom. The SMILES string of the molecule is CCOC(=O)c1ccccc1NC(=O)CN1C[C@H](C)C[C@H](C)C1. The standard InChI is InChI=1S/C18H26N2O3/c1-4-23-18(22)15-7-5-6-8-16(15)19-17(21)12-20-10-13(2)9-14(3)11-20/h5-8,13-14H,4,9-12H2,1-3H3,(H,19,21)/t13-,14+. The first kappa shape index (κ1) is 17.5. The Kier molecular flexibility index (Phi) is 6.16. The zero-order valence-electron chi connectivity index (χ0n) is 14.2. The van der Waals surface area contributed by atoms with Gasteiger partial charge in [0.2, 0.25) is 5.91 Å². The van der Waals surface area contributed by atoms with Crippen molar-refractivity contribution in [1.29, 1.82) is 0 Å². The third kappa shape index (κ3) is 5.06. The molecule has 1 fully saturated rings. The summed E-state index contributed by atoms with van der Waals surface area (Å²) in [6, 6.07) is 6.95. The molecule has 5 nitrogen and oxygen atoms in total. The molecule has 1 aliphatic heterocycles. The van der Waals surface area contributed by atoms with Crippen molar-refractivity contribution in [3.8, 4) is 0 Å². The van der Waals surface area contributed by atoms with Crippen LogP contribution in [0.15, 0.2) is 24.3 Å². The maximum atomic E-state index is 12.3. The van der Waals surface area contributed by atoms with Crippen LogP contribution >= 0.6 is 0 Å². The molecule has 1 aromatic rings. The Labute approximate surface area is 138 Å². The van der Waals surface area contributed by atoms with Gasteiger partial charge in [0, 0.05) is 13.1 Å². The summed E-state index contributed by atoms with van der Waals surface area (Å²) in [7, 11) is 0. The number of nitrogens with one attached hydrogen (secondary N) is 1. The van der Waals surface area contributed by atoms with Gasteiger partial charge < -0.3 is 10.1 Å². The van der Waals surface area contributed by atoms with Gasteiger partial charge in [0.15, 0.2) is 0 Å². The first-order valence-electron chi connectivity index (χ1n) is 8.28. The predicted molar refractivity (Wildman–Crippen MR) is 90.4 cm³/mol. The summed E-state index contributed by atoms with van der Waals surface area (Å²) in [4.78, 5) is 26.4. The van der Waals surface area contributed by atoms with Crippen molar-refractivity contribution in [2.24, 2.45) is 11.8 Å². The maximum Gasteiger partial charge on any atom is 0.340 e. The van der Waals surface area contributed by atoms with E-state index in [9.17, 15) is 9.59 Å². The Balaban J connectivity index is 1.99. The number of piperidine rings is 1. The molecule has 0 aliphatic carbocycles. The first-order valence-corrected chi connectivity index (χ1v) is 8.28. The summed E-state index contributed by atoms with van der Waals surface area (Å²) in [6.07, 6.45) is 1.21. The number of amides is 1. The van der Waals surface area contributed by atoms with E-state index >= 15 is 0 Å². The summed E-state index contributed by atoms with van der Waals surface area (Å²) in [6.45, 7) is 8.75. The molecule has 1 saturated heterocycles. The van der Waals surface area contributed by atoms with E-state index in [1.165, 1.54) is 6.42 Å². The van der Waals surface area contributed by atoms with Gasteiger partial charge in [0.25, 0.3) is 0 Å². The minimum atomic E-state index is -0.413. The van der Waals surface area contributed by atoms with Crippen LogP contribution in [-0.2, 0) is 9.53 Å². The van der Waals surface area contributed by atoms with Crippen molar-refractivity contribution in [1.82, 2.24) is 4.90 Å². The summed E-state index contributed by atoms with van der Waals surface area (Å²) < 4.78 is 5.03. The Bertz CT molecular complexity index is 549. The molecule has 0 saturated carbocycles. The number of para-hydroxylation sites is 1. The lowest BCUT2D eigenvalue weighted by Crippen LogP contribution is -2.42. The lowest BCUT2D eigenvalue weighted by molar-refractivity contribution is -0.117. The van der Waals surface area contributed by atoms with Gasteiger partial charge in [-0.2, -0.15) is 0 Å². The molecule has 1 N–H and O–H groups in total.